The molecule has 138 valence electrons. The first-order chi connectivity index (χ1) is 12.3. The van der Waals surface area contributed by atoms with Crippen molar-refractivity contribution in [2.75, 3.05) is 0 Å². The number of allylic oxidation sites excluding steroid dienone is 1. The molecule has 0 radical (unpaired) electrons. The minimum Gasteiger partial charge on any atom is -0.382 e. The monoisotopic (exact) mass is 367 g/mol. The number of hydrogen-bond acceptors (Lipinski definition) is 6. The molecule has 0 saturated carbocycles. The average molecular weight is 367 g/mol. The molecule has 1 aliphatic heterocycles. The Balaban J connectivity index is 2.09. The molecule has 1 aromatic carbocycles. The number of rotatable bonds is 5. The first-order valence-corrected chi connectivity index (χ1v) is 7.69. The van der Waals surface area contributed by atoms with Crippen LogP contribution in [-0.4, -0.2) is 37.5 Å². The van der Waals surface area contributed by atoms with Crippen LogP contribution in [0, 0.1) is 17.6 Å². The van der Waals surface area contributed by atoms with Crippen molar-refractivity contribution in [3.8, 4) is 0 Å². The molecule has 7 nitrogen and oxygen atoms in total. The van der Waals surface area contributed by atoms with Crippen LogP contribution >= 0.6 is 0 Å². The van der Waals surface area contributed by atoms with Gasteiger partial charge in [0.15, 0.2) is 5.83 Å². The molecular weight excluding hydrogens is 351 g/mol. The Morgan fingerprint density at radius 1 is 1.35 bits per heavy atom. The summed E-state index contributed by atoms with van der Waals surface area (Å²) in [5, 5.41) is 27.2. The lowest BCUT2D eigenvalue weighted by Crippen LogP contribution is -2.45. The average Bonchev–Trinajstić information content (AvgIpc) is 3.09. The number of benzene rings is 1. The molecule has 0 bridgehead atoms. The second-order valence-corrected chi connectivity index (χ2v) is 5.92. The molecule has 0 spiro atoms. The highest BCUT2D eigenvalue weighted by atomic mass is 19.1. The second kappa shape index (κ2) is 6.89. The van der Waals surface area contributed by atoms with Gasteiger partial charge in [0.05, 0.1) is 18.5 Å². The molecular formula is C16H16F3N5O2. The van der Waals surface area contributed by atoms with E-state index in [4.69, 9.17) is 0 Å². The molecule has 0 saturated heterocycles. The van der Waals surface area contributed by atoms with Crippen molar-refractivity contribution in [3.05, 3.63) is 59.6 Å². The van der Waals surface area contributed by atoms with E-state index in [9.17, 15) is 23.4 Å². The number of nitrogens with one attached hydrogen (secondary N) is 1. The highest BCUT2D eigenvalue weighted by Gasteiger charge is 2.42. The zero-order valence-corrected chi connectivity index (χ0v) is 13.6. The first kappa shape index (κ1) is 18.1. The van der Waals surface area contributed by atoms with Crippen molar-refractivity contribution in [2.45, 2.75) is 25.4 Å². The lowest BCUT2D eigenvalue weighted by atomic mass is 9.79. The summed E-state index contributed by atoms with van der Waals surface area (Å²) in [4.78, 5) is 7.22. The Morgan fingerprint density at radius 3 is 2.77 bits per heavy atom. The molecule has 3 rings (SSSR count). The number of nitrogens with zero attached hydrogens (tertiary/aromatic N) is 4. The van der Waals surface area contributed by atoms with Gasteiger partial charge in [-0.2, -0.15) is 5.10 Å². The van der Waals surface area contributed by atoms with Crippen molar-refractivity contribution in [1.82, 2.24) is 20.1 Å². The van der Waals surface area contributed by atoms with E-state index in [1.165, 1.54) is 24.3 Å². The third-order valence-corrected chi connectivity index (χ3v) is 4.29. The van der Waals surface area contributed by atoms with Crippen molar-refractivity contribution in [2.24, 2.45) is 10.9 Å². The fourth-order valence-corrected chi connectivity index (χ4v) is 2.88. The Labute approximate surface area is 146 Å². The largest absolute Gasteiger partial charge is 0.382 e. The van der Waals surface area contributed by atoms with E-state index in [-0.39, 0.29) is 17.8 Å². The number of hydrogen-bond donors (Lipinski definition) is 3. The summed E-state index contributed by atoms with van der Waals surface area (Å²) in [6.45, 7) is 1.15. The van der Waals surface area contributed by atoms with Gasteiger partial charge >= 0.3 is 0 Å². The predicted octanol–water partition coefficient (Wildman–Crippen LogP) is 1.21. The number of aliphatic hydroxyl groups excluding tert-OH is 1. The van der Waals surface area contributed by atoms with Gasteiger partial charge in [-0.3, -0.25) is 0 Å². The molecule has 3 N–H and O–H groups in total. The van der Waals surface area contributed by atoms with Gasteiger partial charge < -0.3 is 15.5 Å². The zero-order chi connectivity index (χ0) is 18.9. The van der Waals surface area contributed by atoms with E-state index in [1.807, 2.05) is 0 Å². The predicted molar refractivity (Wildman–Crippen MR) is 85.2 cm³/mol. The standard InChI is InChI=1S/C16H16F3N5O2/c1-9(14-13(19)5-21-15(25)23-14)16(26,6-24-8-20-7-22-24)11-3-2-10(17)4-12(11)18/h2-5,7-9,15,23,25-26H,6H2,1H3/t9-,15?,16+/m0/s1. The van der Waals surface area contributed by atoms with Crippen LogP contribution in [0.1, 0.15) is 12.5 Å². The summed E-state index contributed by atoms with van der Waals surface area (Å²) < 4.78 is 43.2. The van der Waals surface area contributed by atoms with Gasteiger partial charge in [-0.15, -0.1) is 0 Å². The molecule has 10 heteroatoms. The van der Waals surface area contributed by atoms with Gasteiger partial charge in [-0.25, -0.2) is 27.8 Å². The highest BCUT2D eigenvalue weighted by molar-refractivity contribution is 5.77. The number of aliphatic hydroxyl groups is 2. The van der Waals surface area contributed by atoms with Gasteiger partial charge in [-0.05, 0) is 6.07 Å². The SMILES string of the molecule is C[C@@H](C1=C(F)C=NC(O)N1)[C@](O)(Cn1cncn1)c1ccc(F)cc1F. The maximum absolute atomic E-state index is 14.4. The molecule has 1 aromatic heterocycles. The van der Waals surface area contributed by atoms with Crippen LogP contribution in [0.4, 0.5) is 13.2 Å². The van der Waals surface area contributed by atoms with E-state index in [0.717, 1.165) is 18.3 Å². The van der Waals surface area contributed by atoms with Crippen molar-refractivity contribution in [3.63, 3.8) is 0 Å². The van der Waals surface area contributed by atoms with Crippen LogP contribution in [0.25, 0.3) is 0 Å². The highest BCUT2D eigenvalue weighted by Crippen LogP contribution is 2.38. The second-order valence-electron chi connectivity index (χ2n) is 5.92. The smallest absolute Gasteiger partial charge is 0.222 e. The van der Waals surface area contributed by atoms with E-state index in [2.05, 4.69) is 20.4 Å². The van der Waals surface area contributed by atoms with Crippen LogP contribution in [-0.2, 0) is 12.1 Å². The van der Waals surface area contributed by atoms with E-state index in [0.29, 0.717) is 6.07 Å². The van der Waals surface area contributed by atoms with E-state index < -0.39 is 35.3 Å². The van der Waals surface area contributed by atoms with Crippen LogP contribution in [0.2, 0.25) is 0 Å². The number of halogens is 3. The quantitative estimate of drug-likeness (QED) is 0.738. The molecule has 2 heterocycles. The summed E-state index contributed by atoms with van der Waals surface area (Å²) in [6.07, 6.45) is 1.93. The number of aromatic nitrogens is 3. The van der Waals surface area contributed by atoms with Crippen molar-refractivity contribution < 1.29 is 23.4 Å². The van der Waals surface area contributed by atoms with Gasteiger partial charge in [0.25, 0.3) is 0 Å². The fourth-order valence-electron chi connectivity index (χ4n) is 2.88. The molecule has 3 atom stereocenters. The van der Waals surface area contributed by atoms with Crippen LogP contribution in [0.15, 0.2) is 47.4 Å². The lowest BCUT2D eigenvalue weighted by Gasteiger charge is -2.37. The Kier molecular flexibility index (Phi) is 4.79. The Hall–Kier alpha value is -2.72. The Morgan fingerprint density at radius 2 is 2.12 bits per heavy atom. The van der Waals surface area contributed by atoms with Gasteiger partial charge in [0.1, 0.15) is 29.9 Å². The van der Waals surface area contributed by atoms with E-state index >= 15 is 0 Å². The van der Waals surface area contributed by atoms with E-state index in [1.54, 1.807) is 0 Å². The molecule has 26 heavy (non-hydrogen) atoms. The molecule has 0 aliphatic carbocycles. The third kappa shape index (κ3) is 3.33. The normalized spacial score (nSPS) is 20.6. The van der Waals surface area contributed by atoms with Crippen molar-refractivity contribution >= 4 is 6.21 Å². The summed E-state index contributed by atoms with van der Waals surface area (Å²) in [7, 11) is 0. The molecule has 1 unspecified atom stereocenters. The minimum atomic E-state index is -2.03. The summed E-state index contributed by atoms with van der Waals surface area (Å²) in [5.74, 6) is -3.70. The molecule has 0 amide bonds. The fraction of sp³-hybridized carbons (Fsp3) is 0.312. The van der Waals surface area contributed by atoms with Crippen LogP contribution < -0.4 is 5.32 Å². The van der Waals surface area contributed by atoms with Crippen LogP contribution in [0.3, 0.4) is 0 Å². The summed E-state index contributed by atoms with van der Waals surface area (Å²) >= 11 is 0. The van der Waals surface area contributed by atoms with Gasteiger partial charge in [-0.1, -0.05) is 13.0 Å². The molecule has 0 fully saturated rings. The maximum atomic E-state index is 14.4. The lowest BCUT2D eigenvalue weighted by molar-refractivity contribution is -0.0315. The van der Waals surface area contributed by atoms with Gasteiger partial charge in [0, 0.05) is 17.5 Å². The maximum Gasteiger partial charge on any atom is 0.222 e. The first-order valence-electron chi connectivity index (χ1n) is 7.69. The molecule has 2 aromatic rings. The van der Waals surface area contributed by atoms with Gasteiger partial charge in [0.2, 0.25) is 6.35 Å². The minimum absolute atomic E-state index is 0.168. The van der Waals surface area contributed by atoms with Crippen LogP contribution in [0.5, 0.6) is 0 Å². The number of aliphatic imine (C=N–C) groups is 1. The van der Waals surface area contributed by atoms with Crippen molar-refractivity contribution in [1.29, 1.82) is 0 Å². The summed E-state index contributed by atoms with van der Waals surface area (Å²) in [6, 6.07) is 2.71. The molecule has 1 aliphatic rings. The Bertz CT molecular complexity index is 856. The topological polar surface area (TPSA) is 95.6 Å². The zero-order valence-electron chi connectivity index (χ0n) is 13.6. The third-order valence-electron chi connectivity index (χ3n) is 4.29. The summed E-state index contributed by atoms with van der Waals surface area (Å²) in [5.41, 5.74) is -2.45.